The Bertz CT molecular complexity index is 340. The summed E-state index contributed by atoms with van der Waals surface area (Å²) in [7, 11) is 1.29. The van der Waals surface area contributed by atoms with Crippen LogP contribution in [0.4, 0.5) is 0 Å². The second-order valence-electron chi connectivity index (χ2n) is 5.28. The number of carbonyl (C=O) groups is 2. The topological polar surface area (TPSA) is 99.1 Å². The van der Waals surface area contributed by atoms with Crippen LogP contribution in [0.3, 0.4) is 0 Å². The largest absolute Gasteiger partial charge is 0.467 e. The molecule has 4 unspecified atom stereocenters. The number of rotatable bonds is 6. The zero-order chi connectivity index (χ0) is 15.3. The molecule has 0 aliphatic carbocycles. The van der Waals surface area contributed by atoms with Crippen LogP contribution >= 0.6 is 0 Å². The van der Waals surface area contributed by atoms with Crippen molar-refractivity contribution in [3.63, 3.8) is 0 Å². The van der Waals surface area contributed by atoms with E-state index in [2.05, 4.69) is 5.32 Å². The molecule has 20 heavy (non-hydrogen) atoms. The summed E-state index contributed by atoms with van der Waals surface area (Å²) < 4.78 is 4.69. The summed E-state index contributed by atoms with van der Waals surface area (Å²) >= 11 is 0. The number of β-amino-alcohol motifs (C(OH)–C–C–N with tert-alkyl or cyclic N) is 2. The van der Waals surface area contributed by atoms with Gasteiger partial charge in [-0.25, -0.2) is 4.79 Å². The van der Waals surface area contributed by atoms with E-state index in [0.717, 1.165) is 6.42 Å². The van der Waals surface area contributed by atoms with Gasteiger partial charge < -0.3 is 20.3 Å². The number of nitrogens with zero attached hydrogens (tertiary/aromatic N) is 1. The smallest absolute Gasteiger partial charge is 0.328 e. The maximum atomic E-state index is 11.9. The first-order valence-electron chi connectivity index (χ1n) is 6.84. The normalized spacial score (nSPS) is 26.1. The third-order valence-corrected chi connectivity index (χ3v) is 3.69. The second kappa shape index (κ2) is 7.56. The standard InChI is InChI=1S/C13H24N2O5/c1-4-8(2)12(13(19)20-3)14-11(18)7-15-5-9(16)10(17)6-15/h8-10,12,16-17H,4-7H2,1-3H3,(H,14,18). The lowest BCUT2D eigenvalue weighted by molar-refractivity contribution is -0.146. The van der Waals surface area contributed by atoms with Crippen molar-refractivity contribution in [2.45, 2.75) is 38.5 Å². The van der Waals surface area contributed by atoms with Crippen LogP contribution in [-0.4, -0.2) is 72.0 Å². The zero-order valence-electron chi connectivity index (χ0n) is 12.2. The molecule has 4 atom stereocenters. The molecule has 7 heteroatoms. The van der Waals surface area contributed by atoms with Gasteiger partial charge in [-0.3, -0.25) is 9.69 Å². The molecule has 116 valence electrons. The number of aliphatic hydroxyl groups excluding tert-OH is 2. The molecule has 3 N–H and O–H groups in total. The SMILES string of the molecule is CCC(C)C(NC(=O)CN1CC(O)C(O)C1)C(=O)OC. The summed E-state index contributed by atoms with van der Waals surface area (Å²) in [6.07, 6.45) is -0.913. The Morgan fingerprint density at radius 2 is 1.90 bits per heavy atom. The predicted molar refractivity (Wildman–Crippen MR) is 71.9 cm³/mol. The minimum absolute atomic E-state index is 0.0267. The molecule has 1 amide bonds. The van der Waals surface area contributed by atoms with Crippen molar-refractivity contribution in [1.82, 2.24) is 10.2 Å². The van der Waals surface area contributed by atoms with Crippen LogP contribution in [0.15, 0.2) is 0 Å². The van der Waals surface area contributed by atoms with Gasteiger partial charge in [0.25, 0.3) is 0 Å². The van der Waals surface area contributed by atoms with Gasteiger partial charge in [-0.15, -0.1) is 0 Å². The van der Waals surface area contributed by atoms with Gasteiger partial charge >= 0.3 is 5.97 Å². The maximum Gasteiger partial charge on any atom is 0.328 e. The molecule has 0 aromatic rings. The van der Waals surface area contributed by atoms with Crippen LogP contribution in [0, 0.1) is 5.92 Å². The lowest BCUT2D eigenvalue weighted by Gasteiger charge is -2.23. The van der Waals surface area contributed by atoms with Crippen LogP contribution in [0.2, 0.25) is 0 Å². The number of amides is 1. The van der Waals surface area contributed by atoms with E-state index >= 15 is 0 Å². The number of esters is 1. The molecular weight excluding hydrogens is 264 g/mol. The number of hydrogen-bond acceptors (Lipinski definition) is 6. The van der Waals surface area contributed by atoms with Gasteiger partial charge in [-0.05, 0) is 5.92 Å². The van der Waals surface area contributed by atoms with Crippen molar-refractivity contribution in [2.75, 3.05) is 26.7 Å². The first-order valence-corrected chi connectivity index (χ1v) is 6.84. The molecule has 1 aliphatic rings. The van der Waals surface area contributed by atoms with Gasteiger partial charge in [0.05, 0.1) is 25.9 Å². The van der Waals surface area contributed by atoms with Crippen molar-refractivity contribution in [3.8, 4) is 0 Å². The molecule has 0 aromatic heterocycles. The lowest BCUT2D eigenvalue weighted by atomic mass is 9.99. The van der Waals surface area contributed by atoms with Gasteiger partial charge in [0.2, 0.25) is 5.91 Å². The fourth-order valence-corrected chi connectivity index (χ4v) is 2.19. The summed E-state index contributed by atoms with van der Waals surface area (Å²) in [5.41, 5.74) is 0. The van der Waals surface area contributed by atoms with Gasteiger partial charge in [-0.2, -0.15) is 0 Å². The summed E-state index contributed by atoms with van der Waals surface area (Å²) in [6.45, 7) is 4.34. The van der Waals surface area contributed by atoms with Crippen LogP contribution in [0.5, 0.6) is 0 Å². The number of likely N-dealkylation sites (tertiary alicyclic amines) is 1. The molecule has 1 aliphatic heterocycles. The molecule has 0 spiro atoms. The highest BCUT2D eigenvalue weighted by Gasteiger charge is 2.32. The Hall–Kier alpha value is -1.18. The first kappa shape index (κ1) is 16.9. The summed E-state index contributed by atoms with van der Waals surface area (Å²) in [4.78, 5) is 25.2. The second-order valence-corrected chi connectivity index (χ2v) is 5.28. The van der Waals surface area contributed by atoms with E-state index in [0.29, 0.717) is 0 Å². The van der Waals surface area contributed by atoms with E-state index in [4.69, 9.17) is 4.74 Å². The van der Waals surface area contributed by atoms with Gasteiger partial charge in [0.1, 0.15) is 6.04 Å². The molecule has 1 saturated heterocycles. The molecular formula is C13H24N2O5. The van der Waals surface area contributed by atoms with E-state index in [1.807, 2.05) is 13.8 Å². The van der Waals surface area contributed by atoms with Crippen molar-refractivity contribution in [3.05, 3.63) is 0 Å². The van der Waals surface area contributed by atoms with Crippen molar-refractivity contribution in [2.24, 2.45) is 5.92 Å². The summed E-state index contributed by atoms with van der Waals surface area (Å²) in [5, 5.41) is 21.5. The number of carbonyl (C=O) groups excluding carboxylic acids is 2. The van der Waals surface area contributed by atoms with Crippen molar-refractivity contribution >= 4 is 11.9 Å². The molecule has 0 radical (unpaired) electrons. The molecule has 1 fully saturated rings. The Morgan fingerprint density at radius 1 is 1.35 bits per heavy atom. The third kappa shape index (κ3) is 4.43. The molecule has 0 bridgehead atoms. The quantitative estimate of drug-likeness (QED) is 0.527. The van der Waals surface area contributed by atoms with Gasteiger partial charge in [-0.1, -0.05) is 20.3 Å². The first-order chi connectivity index (χ1) is 9.38. The summed E-state index contributed by atoms with van der Waals surface area (Å²) in [6, 6.07) is -0.671. The highest BCUT2D eigenvalue weighted by Crippen LogP contribution is 2.11. The third-order valence-electron chi connectivity index (χ3n) is 3.69. The fourth-order valence-electron chi connectivity index (χ4n) is 2.19. The van der Waals surface area contributed by atoms with Crippen LogP contribution in [-0.2, 0) is 14.3 Å². The van der Waals surface area contributed by atoms with Gasteiger partial charge in [0.15, 0.2) is 0 Å². The fraction of sp³-hybridized carbons (Fsp3) is 0.846. The molecule has 0 aromatic carbocycles. The Kier molecular flexibility index (Phi) is 6.38. The number of methoxy groups -OCH3 is 1. The van der Waals surface area contributed by atoms with Crippen LogP contribution in [0.1, 0.15) is 20.3 Å². The zero-order valence-corrected chi connectivity index (χ0v) is 12.2. The highest BCUT2D eigenvalue weighted by molar-refractivity contribution is 5.85. The van der Waals surface area contributed by atoms with E-state index in [9.17, 15) is 19.8 Å². The van der Waals surface area contributed by atoms with Gasteiger partial charge in [0, 0.05) is 13.1 Å². The number of aliphatic hydroxyl groups is 2. The van der Waals surface area contributed by atoms with E-state index < -0.39 is 24.2 Å². The van der Waals surface area contributed by atoms with E-state index in [1.54, 1.807) is 4.90 Å². The number of hydrogen-bond donors (Lipinski definition) is 3. The van der Waals surface area contributed by atoms with E-state index in [1.165, 1.54) is 7.11 Å². The van der Waals surface area contributed by atoms with Crippen molar-refractivity contribution < 1.29 is 24.5 Å². The minimum Gasteiger partial charge on any atom is -0.467 e. The minimum atomic E-state index is -0.825. The molecule has 1 heterocycles. The number of ether oxygens (including phenoxy) is 1. The molecule has 0 saturated carbocycles. The predicted octanol–water partition coefficient (Wildman–Crippen LogP) is -1.27. The summed E-state index contributed by atoms with van der Waals surface area (Å²) in [5.74, 6) is -0.808. The average molecular weight is 288 g/mol. The molecule has 1 rings (SSSR count). The Balaban J connectivity index is 2.52. The van der Waals surface area contributed by atoms with E-state index in [-0.39, 0.29) is 31.5 Å². The lowest BCUT2D eigenvalue weighted by Crippen LogP contribution is -2.48. The van der Waals surface area contributed by atoms with Crippen LogP contribution < -0.4 is 5.32 Å². The van der Waals surface area contributed by atoms with Crippen LogP contribution in [0.25, 0.3) is 0 Å². The monoisotopic (exact) mass is 288 g/mol. The van der Waals surface area contributed by atoms with Crippen molar-refractivity contribution in [1.29, 1.82) is 0 Å². The average Bonchev–Trinajstić information content (AvgIpc) is 2.72. The maximum absolute atomic E-state index is 11.9. The Morgan fingerprint density at radius 3 is 2.35 bits per heavy atom. The Labute approximate surface area is 118 Å². The number of nitrogens with one attached hydrogen (secondary N) is 1. The molecule has 7 nitrogen and oxygen atoms in total. The highest BCUT2D eigenvalue weighted by atomic mass is 16.5.